The minimum absolute atomic E-state index is 0.0162. The van der Waals surface area contributed by atoms with Gasteiger partial charge in [-0.15, -0.1) is 15.0 Å². The van der Waals surface area contributed by atoms with Crippen LogP contribution >= 0.6 is 11.6 Å². The molecule has 0 aliphatic heterocycles. The maximum Gasteiger partial charge on any atom is 0.207 e. The van der Waals surface area contributed by atoms with E-state index in [1.807, 2.05) is 25.1 Å². The Labute approximate surface area is 121 Å². The molecule has 6 nitrogen and oxygen atoms in total. The Bertz CT molecular complexity index is 634. The van der Waals surface area contributed by atoms with E-state index in [4.69, 9.17) is 16.7 Å². The molecule has 104 valence electrons. The quantitative estimate of drug-likeness (QED) is 0.905. The van der Waals surface area contributed by atoms with E-state index in [1.54, 1.807) is 17.0 Å². The number of halogens is 1. The van der Waals surface area contributed by atoms with Gasteiger partial charge in [-0.1, -0.05) is 23.7 Å². The molecule has 0 radical (unpaired) electrons. The second kappa shape index (κ2) is 6.37. The molecule has 2 aromatic rings. The van der Waals surface area contributed by atoms with Crippen LogP contribution in [0.2, 0.25) is 5.02 Å². The minimum atomic E-state index is -0.0162. The zero-order valence-corrected chi connectivity index (χ0v) is 11.7. The Morgan fingerprint density at radius 1 is 1.40 bits per heavy atom. The summed E-state index contributed by atoms with van der Waals surface area (Å²) in [7, 11) is 0. The normalized spacial score (nSPS) is 10.3. The molecule has 1 aromatic carbocycles. The summed E-state index contributed by atoms with van der Waals surface area (Å²) >= 11 is 6.10. The predicted octanol–water partition coefficient (Wildman–Crippen LogP) is 1.61. The fourth-order valence-electron chi connectivity index (χ4n) is 1.84. The molecule has 0 saturated heterocycles. The number of nitrogens with zero attached hydrogens (tertiary/aromatic N) is 5. The van der Waals surface area contributed by atoms with E-state index in [-0.39, 0.29) is 12.3 Å². The van der Waals surface area contributed by atoms with Gasteiger partial charge in [0.15, 0.2) is 5.82 Å². The van der Waals surface area contributed by atoms with E-state index in [0.29, 0.717) is 29.6 Å². The lowest BCUT2D eigenvalue weighted by Gasteiger charge is -2.18. The molecule has 1 heterocycles. The van der Waals surface area contributed by atoms with Crippen molar-refractivity contribution in [3.05, 3.63) is 35.0 Å². The Kier molecular flexibility index (Phi) is 4.56. The van der Waals surface area contributed by atoms with Crippen molar-refractivity contribution in [1.29, 1.82) is 5.26 Å². The highest BCUT2D eigenvalue weighted by atomic mass is 35.5. The number of rotatable bonds is 5. The van der Waals surface area contributed by atoms with Crippen LogP contribution in [0.1, 0.15) is 12.6 Å². The van der Waals surface area contributed by atoms with Gasteiger partial charge in [0.25, 0.3) is 0 Å². The topological polar surface area (TPSA) is 78.0 Å². The summed E-state index contributed by atoms with van der Waals surface area (Å²) in [5, 5.41) is 27.2. The van der Waals surface area contributed by atoms with Crippen LogP contribution in [0.15, 0.2) is 24.3 Å². The SMILES string of the molecule is CCN(CCO)c1nn(-c2ccccc2Cl)nc1C#N. The van der Waals surface area contributed by atoms with Crippen molar-refractivity contribution in [3.8, 4) is 11.8 Å². The summed E-state index contributed by atoms with van der Waals surface area (Å²) in [6.45, 7) is 2.92. The molecule has 0 aliphatic carbocycles. The minimum Gasteiger partial charge on any atom is -0.395 e. The molecule has 0 amide bonds. The van der Waals surface area contributed by atoms with Gasteiger partial charge >= 0.3 is 0 Å². The van der Waals surface area contributed by atoms with Crippen molar-refractivity contribution in [2.24, 2.45) is 0 Å². The molecule has 0 unspecified atom stereocenters. The predicted molar refractivity (Wildman–Crippen MR) is 76.1 cm³/mol. The monoisotopic (exact) mass is 291 g/mol. The molecular formula is C13H14ClN5O. The Morgan fingerprint density at radius 2 is 2.15 bits per heavy atom. The van der Waals surface area contributed by atoms with Crippen molar-refractivity contribution in [1.82, 2.24) is 15.0 Å². The lowest BCUT2D eigenvalue weighted by atomic mass is 10.3. The maximum absolute atomic E-state index is 9.17. The van der Waals surface area contributed by atoms with Crippen molar-refractivity contribution in [3.63, 3.8) is 0 Å². The number of aromatic nitrogens is 3. The zero-order chi connectivity index (χ0) is 14.5. The first kappa shape index (κ1) is 14.3. The first-order chi connectivity index (χ1) is 9.71. The van der Waals surface area contributed by atoms with Crippen LogP contribution in [-0.4, -0.2) is 39.8 Å². The summed E-state index contributed by atoms with van der Waals surface area (Å²) in [6.07, 6.45) is 0. The van der Waals surface area contributed by atoms with E-state index in [9.17, 15) is 5.26 Å². The van der Waals surface area contributed by atoms with Crippen LogP contribution in [0, 0.1) is 11.3 Å². The van der Waals surface area contributed by atoms with Crippen LogP contribution in [0.5, 0.6) is 0 Å². The lowest BCUT2D eigenvalue weighted by Crippen LogP contribution is -2.27. The van der Waals surface area contributed by atoms with Crippen LogP contribution in [0.3, 0.4) is 0 Å². The van der Waals surface area contributed by atoms with E-state index in [0.717, 1.165) is 0 Å². The Hall–Kier alpha value is -2.10. The van der Waals surface area contributed by atoms with Gasteiger partial charge in [0.2, 0.25) is 5.69 Å². The van der Waals surface area contributed by atoms with Crippen LogP contribution in [0.25, 0.3) is 5.69 Å². The van der Waals surface area contributed by atoms with Crippen LogP contribution in [-0.2, 0) is 0 Å². The second-order valence-electron chi connectivity index (χ2n) is 4.03. The van der Waals surface area contributed by atoms with Gasteiger partial charge in [0.05, 0.1) is 11.6 Å². The van der Waals surface area contributed by atoms with E-state index in [1.165, 1.54) is 4.80 Å². The molecule has 7 heteroatoms. The molecule has 0 aliphatic rings. The van der Waals surface area contributed by atoms with Gasteiger partial charge in [-0.2, -0.15) is 5.26 Å². The number of aliphatic hydroxyl groups is 1. The first-order valence-corrected chi connectivity index (χ1v) is 6.57. The summed E-state index contributed by atoms with van der Waals surface area (Å²) in [5.41, 5.74) is 0.817. The molecule has 0 bridgehead atoms. The molecular weight excluding hydrogens is 278 g/mol. The average Bonchev–Trinajstić information content (AvgIpc) is 2.89. The number of hydrogen-bond donors (Lipinski definition) is 1. The molecule has 20 heavy (non-hydrogen) atoms. The van der Waals surface area contributed by atoms with E-state index in [2.05, 4.69) is 10.2 Å². The summed E-state index contributed by atoms with van der Waals surface area (Å²) < 4.78 is 0. The lowest BCUT2D eigenvalue weighted by molar-refractivity contribution is 0.302. The number of hydrogen-bond acceptors (Lipinski definition) is 5. The molecule has 2 rings (SSSR count). The Morgan fingerprint density at radius 3 is 2.75 bits per heavy atom. The summed E-state index contributed by atoms with van der Waals surface area (Å²) in [6, 6.07) is 9.16. The van der Waals surface area contributed by atoms with Gasteiger partial charge in [-0.25, -0.2) is 0 Å². The Balaban J connectivity index is 2.46. The highest BCUT2D eigenvalue weighted by Crippen LogP contribution is 2.21. The zero-order valence-electron chi connectivity index (χ0n) is 11.0. The van der Waals surface area contributed by atoms with E-state index < -0.39 is 0 Å². The smallest absolute Gasteiger partial charge is 0.207 e. The number of likely N-dealkylation sites (N-methyl/N-ethyl adjacent to an activating group) is 1. The fraction of sp³-hybridized carbons (Fsp3) is 0.308. The third-order valence-corrected chi connectivity index (χ3v) is 3.14. The second-order valence-corrected chi connectivity index (χ2v) is 4.44. The van der Waals surface area contributed by atoms with Crippen molar-refractivity contribution in [2.75, 3.05) is 24.6 Å². The largest absolute Gasteiger partial charge is 0.395 e. The molecule has 0 spiro atoms. The fourth-order valence-corrected chi connectivity index (χ4v) is 2.05. The third kappa shape index (κ3) is 2.74. The van der Waals surface area contributed by atoms with Gasteiger partial charge in [-0.05, 0) is 19.1 Å². The first-order valence-electron chi connectivity index (χ1n) is 6.19. The van der Waals surface area contributed by atoms with Crippen LogP contribution < -0.4 is 4.90 Å². The molecule has 0 fully saturated rings. The summed E-state index contributed by atoms with van der Waals surface area (Å²) in [4.78, 5) is 3.13. The van der Waals surface area contributed by atoms with Crippen molar-refractivity contribution >= 4 is 17.4 Å². The van der Waals surface area contributed by atoms with Gasteiger partial charge in [0, 0.05) is 13.1 Å². The molecule has 0 atom stereocenters. The highest BCUT2D eigenvalue weighted by molar-refractivity contribution is 6.32. The number of para-hydroxylation sites is 1. The third-order valence-electron chi connectivity index (χ3n) is 2.82. The number of benzene rings is 1. The van der Waals surface area contributed by atoms with Gasteiger partial charge in [0.1, 0.15) is 11.8 Å². The van der Waals surface area contributed by atoms with Crippen LogP contribution in [0.4, 0.5) is 5.82 Å². The highest BCUT2D eigenvalue weighted by Gasteiger charge is 2.18. The molecule has 1 N–H and O–H groups in total. The van der Waals surface area contributed by atoms with Gasteiger partial charge < -0.3 is 10.0 Å². The molecule has 0 saturated carbocycles. The molecule has 1 aromatic heterocycles. The number of nitriles is 1. The number of anilines is 1. The van der Waals surface area contributed by atoms with Crippen molar-refractivity contribution in [2.45, 2.75) is 6.92 Å². The van der Waals surface area contributed by atoms with E-state index >= 15 is 0 Å². The van der Waals surface area contributed by atoms with Crippen molar-refractivity contribution < 1.29 is 5.11 Å². The maximum atomic E-state index is 9.17. The number of aliphatic hydroxyl groups excluding tert-OH is 1. The standard InChI is InChI=1S/C13H14ClN5O/c1-2-18(7-8-20)13-11(9-15)16-19(17-13)12-6-4-3-5-10(12)14/h3-6,20H,2,7-8H2,1H3. The average molecular weight is 292 g/mol. The summed E-state index contributed by atoms with van der Waals surface area (Å²) in [5.74, 6) is 0.448. The van der Waals surface area contributed by atoms with Gasteiger partial charge in [-0.3, -0.25) is 0 Å².